The van der Waals surface area contributed by atoms with Gasteiger partial charge in [0.05, 0.1) is 12.6 Å². The van der Waals surface area contributed by atoms with Gasteiger partial charge in [0, 0.05) is 30.3 Å². The molecule has 1 saturated heterocycles. The molecule has 1 amide bonds. The molecule has 1 N–H and O–H groups in total. The van der Waals surface area contributed by atoms with Crippen molar-refractivity contribution in [3.05, 3.63) is 52.7 Å². The molecule has 23 heavy (non-hydrogen) atoms. The minimum atomic E-state index is 0.0192. The first kappa shape index (κ1) is 16.2. The third-order valence-corrected chi connectivity index (χ3v) is 4.73. The topological polar surface area (TPSA) is 41.6 Å². The zero-order valence-electron chi connectivity index (χ0n) is 13.1. The molecular weight excluding hydrogens is 308 g/mol. The molecular formula is C18H22N2O2S. The molecule has 3 rings (SSSR count). The molecule has 1 unspecified atom stereocenters. The standard InChI is InChI=1S/C18H22N2O2S/c21-18(19-15-6-2-1-3-7-15)14-20(12-16-8-4-10-22-16)13-17-9-5-11-23-17/h1-3,5-7,9,11,16H,4,8,10,12-14H2,(H,19,21). The second-order valence-electron chi connectivity index (χ2n) is 5.80. The van der Waals surface area contributed by atoms with Crippen molar-refractivity contribution >= 4 is 22.9 Å². The number of para-hydroxylation sites is 1. The van der Waals surface area contributed by atoms with Crippen molar-refractivity contribution in [3.8, 4) is 0 Å². The van der Waals surface area contributed by atoms with Crippen molar-refractivity contribution in [2.45, 2.75) is 25.5 Å². The maximum Gasteiger partial charge on any atom is 0.238 e. The van der Waals surface area contributed by atoms with Crippen molar-refractivity contribution < 1.29 is 9.53 Å². The number of anilines is 1. The van der Waals surface area contributed by atoms with Gasteiger partial charge in [-0.05, 0) is 36.4 Å². The molecule has 0 spiro atoms. The van der Waals surface area contributed by atoms with Gasteiger partial charge >= 0.3 is 0 Å². The van der Waals surface area contributed by atoms with Crippen molar-refractivity contribution in [1.82, 2.24) is 4.90 Å². The summed E-state index contributed by atoms with van der Waals surface area (Å²) in [6, 6.07) is 13.8. The summed E-state index contributed by atoms with van der Waals surface area (Å²) in [4.78, 5) is 15.8. The van der Waals surface area contributed by atoms with Crippen molar-refractivity contribution in [1.29, 1.82) is 0 Å². The Morgan fingerprint density at radius 1 is 1.26 bits per heavy atom. The maximum absolute atomic E-state index is 12.3. The van der Waals surface area contributed by atoms with Crippen LogP contribution in [0.4, 0.5) is 5.69 Å². The SMILES string of the molecule is O=C(CN(Cc1cccs1)CC1CCCO1)Nc1ccccc1. The number of carbonyl (C=O) groups is 1. The molecule has 0 aliphatic carbocycles. The fourth-order valence-electron chi connectivity index (χ4n) is 2.81. The number of rotatable bonds is 7. The predicted octanol–water partition coefficient (Wildman–Crippen LogP) is 3.37. The number of hydrogen-bond donors (Lipinski definition) is 1. The summed E-state index contributed by atoms with van der Waals surface area (Å²) in [5.74, 6) is 0.0192. The minimum Gasteiger partial charge on any atom is -0.377 e. The summed E-state index contributed by atoms with van der Waals surface area (Å²) < 4.78 is 5.73. The van der Waals surface area contributed by atoms with Crippen LogP contribution < -0.4 is 5.32 Å². The van der Waals surface area contributed by atoms with Gasteiger partial charge in [-0.2, -0.15) is 0 Å². The number of nitrogens with one attached hydrogen (secondary N) is 1. The maximum atomic E-state index is 12.3. The lowest BCUT2D eigenvalue weighted by atomic mass is 10.2. The van der Waals surface area contributed by atoms with Gasteiger partial charge in [-0.25, -0.2) is 0 Å². The number of amides is 1. The lowest BCUT2D eigenvalue weighted by molar-refractivity contribution is -0.117. The molecule has 1 atom stereocenters. The van der Waals surface area contributed by atoms with Crippen LogP contribution >= 0.6 is 11.3 Å². The highest BCUT2D eigenvalue weighted by Crippen LogP contribution is 2.17. The Morgan fingerprint density at radius 3 is 2.83 bits per heavy atom. The van der Waals surface area contributed by atoms with E-state index in [2.05, 4.69) is 21.7 Å². The van der Waals surface area contributed by atoms with Gasteiger partial charge in [0.2, 0.25) is 5.91 Å². The largest absolute Gasteiger partial charge is 0.377 e. The molecule has 1 aliphatic heterocycles. The van der Waals surface area contributed by atoms with Crippen LogP contribution in [0.1, 0.15) is 17.7 Å². The van der Waals surface area contributed by atoms with E-state index in [1.807, 2.05) is 36.4 Å². The normalized spacial score (nSPS) is 17.5. The van der Waals surface area contributed by atoms with Crippen LogP contribution in [0.5, 0.6) is 0 Å². The molecule has 1 aliphatic rings. The molecule has 4 nitrogen and oxygen atoms in total. The smallest absolute Gasteiger partial charge is 0.238 e. The highest BCUT2D eigenvalue weighted by Gasteiger charge is 2.21. The third kappa shape index (κ3) is 5.16. The zero-order valence-corrected chi connectivity index (χ0v) is 13.9. The molecule has 122 valence electrons. The summed E-state index contributed by atoms with van der Waals surface area (Å²) in [6.07, 6.45) is 2.45. The van der Waals surface area contributed by atoms with E-state index in [1.54, 1.807) is 11.3 Å². The molecule has 2 heterocycles. The van der Waals surface area contributed by atoms with Crippen molar-refractivity contribution in [3.63, 3.8) is 0 Å². The van der Waals surface area contributed by atoms with Gasteiger partial charge < -0.3 is 10.1 Å². The molecule has 5 heteroatoms. The molecule has 1 fully saturated rings. The first-order chi connectivity index (χ1) is 11.3. The molecule has 1 aromatic heterocycles. The average Bonchev–Trinajstić information content (AvgIpc) is 3.22. The quantitative estimate of drug-likeness (QED) is 0.846. The number of hydrogen-bond acceptors (Lipinski definition) is 4. The molecule has 2 aromatic rings. The van der Waals surface area contributed by atoms with E-state index in [1.165, 1.54) is 4.88 Å². The van der Waals surface area contributed by atoms with Crippen LogP contribution in [0.2, 0.25) is 0 Å². The zero-order chi connectivity index (χ0) is 15.9. The number of carbonyl (C=O) groups excluding carboxylic acids is 1. The summed E-state index contributed by atoms with van der Waals surface area (Å²) in [6.45, 7) is 2.82. The second-order valence-corrected chi connectivity index (χ2v) is 6.83. The van der Waals surface area contributed by atoms with Gasteiger partial charge in [-0.15, -0.1) is 11.3 Å². The van der Waals surface area contributed by atoms with Crippen LogP contribution in [0.3, 0.4) is 0 Å². The summed E-state index contributed by atoms with van der Waals surface area (Å²) >= 11 is 1.73. The van der Waals surface area contributed by atoms with Gasteiger partial charge in [-0.1, -0.05) is 24.3 Å². The minimum absolute atomic E-state index is 0.0192. The molecule has 0 bridgehead atoms. The first-order valence-electron chi connectivity index (χ1n) is 8.01. The lowest BCUT2D eigenvalue weighted by Crippen LogP contribution is -2.37. The molecule has 0 radical (unpaired) electrons. The molecule has 1 aromatic carbocycles. The number of nitrogens with zero attached hydrogens (tertiary/aromatic N) is 1. The van der Waals surface area contributed by atoms with Gasteiger partial charge in [0.25, 0.3) is 0 Å². The van der Waals surface area contributed by atoms with Crippen LogP contribution in [0, 0.1) is 0 Å². The Kier molecular flexibility index (Phi) is 5.80. The monoisotopic (exact) mass is 330 g/mol. The Morgan fingerprint density at radius 2 is 2.13 bits per heavy atom. The summed E-state index contributed by atoms with van der Waals surface area (Å²) in [7, 11) is 0. The lowest BCUT2D eigenvalue weighted by Gasteiger charge is -2.24. The van der Waals surface area contributed by atoms with Crippen molar-refractivity contribution in [2.24, 2.45) is 0 Å². The van der Waals surface area contributed by atoms with Gasteiger partial charge in [0.1, 0.15) is 0 Å². The fourth-order valence-corrected chi connectivity index (χ4v) is 3.56. The Bertz CT molecular complexity index is 595. The van der Waals surface area contributed by atoms with E-state index < -0.39 is 0 Å². The Hall–Kier alpha value is -1.69. The Labute approximate surface area is 141 Å². The van der Waals surface area contributed by atoms with E-state index in [-0.39, 0.29) is 12.0 Å². The fraction of sp³-hybridized carbons (Fsp3) is 0.389. The molecule has 0 saturated carbocycles. The number of ether oxygens (including phenoxy) is 1. The predicted molar refractivity (Wildman–Crippen MR) is 93.6 cm³/mol. The average molecular weight is 330 g/mol. The van der Waals surface area contributed by atoms with Crippen LogP contribution in [-0.4, -0.2) is 36.6 Å². The third-order valence-electron chi connectivity index (χ3n) is 3.87. The van der Waals surface area contributed by atoms with Crippen LogP contribution in [0.25, 0.3) is 0 Å². The first-order valence-corrected chi connectivity index (χ1v) is 8.89. The van der Waals surface area contributed by atoms with Crippen LogP contribution in [0.15, 0.2) is 47.8 Å². The van der Waals surface area contributed by atoms with Gasteiger partial charge in [0.15, 0.2) is 0 Å². The number of thiophene rings is 1. The number of benzene rings is 1. The Balaban J connectivity index is 1.58. The highest BCUT2D eigenvalue weighted by molar-refractivity contribution is 7.09. The summed E-state index contributed by atoms with van der Waals surface area (Å²) in [5, 5.41) is 5.03. The van der Waals surface area contributed by atoms with E-state index in [0.717, 1.165) is 38.2 Å². The van der Waals surface area contributed by atoms with E-state index >= 15 is 0 Å². The van der Waals surface area contributed by atoms with E-state index in [0.29, 0.717) is 6.54 Å². The van der Waals surface area contributed by atoms with E-state index in [4.69, 9.17) is 4.74 Å². The van der Waals surface area contributed by atoms with Gasteiger partial charge in [-0.3, -0.25) is 9.69 Å². The van der Waals surface area contributed by atoms with Crippen LogP contribution in [-0.2, 0) is 16.1 Å². The second kappa shape index (κ2) is 8.24. The highest BCUT2D eigenvalue weighted by atomic mass is 32.1. The van der Waals surface area contributed by atoms with Crippen molar-refractivity contribution in [2.75, 3.05) is 25.0 Å². The summed E-state index contributed by atoms with van der Waals surface area (Å²) in [5.41, 5.74) is 0.839. The van der Waals surface area contributed by atoms with E-state index in [9.17, 15) is 4.79 Å².